The van der Waals surface area contributed by atoms with E-state index in [9.17, 15) is 0 Å². The van der Waals surface area contributed by atoms with E-state index in [-0.39, 0.29) is 0 Å². The van der Waals surface area contributed by atoms with Gasteiger partial charge in [-0.05, 0) is 135 Å². The zero-order valence-electron chi connectivity index (χ0n) is 35.2. The van der Waals surface area contributed by atoms with Gasteiger partial charge in [-0.1, -0.05) is 145 Å². The minimum absolute atomic E-state index is 0.912. The Hall–Kier alpha value is -7.42. The van der Waals surface area contributed by atoms with Crippen LogP contribution >= 0.6 is 23.5 Å². The molecular weight excluding hydrogens is 845 g/mol. The zero-order chi connectivity index (χ0) is 43.2. The number of benzene rings is 8. The number of aromatic nitrogens is 2. The van der Waals surface area contributed by atoms with Crippen molar-refractivity contribution < 1.29 is 0 Å². The van der Waals surface area contributed by atoms with E-state index in [0.717, 1.165) is 45.4 Å². The highest BCUT2D eigenvalue weighted by Gasteiger charge is 2.50. The van der Waals surface area contributed by atoms with Gasteiger partial charge in [0.1, 0.15) is 0 Å². The van der Waals surface area contributed by atoms with Gasteiger partial charge in [0.15, 0.2) is 8.07 Å². The zero-order valence-corrected chi connectivity index (χ0v) is 37.8. The monoisotopic (exact) mass is 884 g/mol. The molecule has 65 heavy (non-hydrogen) atoms. The van der Waals surface area contributed by atoms with Crippen LogP contribution in [-0.2, 0) is 0 Å². The van der Waals surface area contributed by atoms with Crippen LogP contribution in [0, 0.1) is 0 Å². The van der Waals surface area contributed by atoms with Crippen LogP contribution < -0.4 is 30.5 Å². The lowest BCUT2D eigenvalue weighted by Gasteiger charge is -2.33. The van der Waals surface area contributed by atoms with Crippen LogP contribution in [0.1, 0.15) is 0 Å². The minimum atomic E-state index is -2.93. The maximum absolute atomic E-state index is 4.94. The molecule has 4 nitrogen and oxygen atoms in total. The van der Waals surface area contributed by atoms with Crippen LogP contribution in [-0.4, -0.2) is 18.0 Å². The molecule has 0 radical (unpaired) electrons. The molecule has 0 amide bonds. The molecule has 0 fully saturated rings. The van der Waals surface area contributed by atoms with Crippen molar-refractivity contribution in [3.05, 3.63) is 243 Å². The molecule has 10 aromatic rings. The second-order valence-corrected chi connectivity index (χ2v) is 22.0. The highest BCUT2D eigenvalue weighted by atomic mass is 32.2. The smallest absolute Gasteiger partial charge is 0.180 e. The van der Waals surface area contributed by atoms with E-state index in [2.05, 4.69) is 227 Å². The highest BCUT2D eigenvalue weighted by Crippen LogP contribution is 2.52. The molecule has 2 aromatic heterocycles. The Morgan fingerprint density at radius 2 is 0.862 bits per heavy atom. The Morgan fingerprint density at radius 1 is 0.369 bits per heavy atom. The van der Waals surface area contributed by atoms with Crippen molar-refractivity contribution in [1.29, 1.82) is 0 Å². The average molecular weight is 885 g/mol. The van der Waals surface area contributed by atoms with Crippen LogP contribution in [0.5, 0.6) is 0 Å². The highest BCUT2D eigenvalue weighted by molar-refractivity contribution is 8.05. The van der Waals surface area contributed by atoms with E-state index in [1.165, 1.54) is 51.5 Å². The molecular formula is C58H40N4S2Si. The first-order valence-electron chi connectivity index (χ1n) is 21.8. The normalized spacial score (nSPS) is 14.4. The Kier molecular flexibility index (Phi) is 10.0. The molecule has 2 aliphatic heterocycles. The number of nitrogens with zero attached hydrogens (tertiary/aromatic N) is 4. The third-order valence-electron chi connectivity index (χ3n) is 12.5. The lowest BCUT2D eigenvalue weighted by molar-refractivity contribution is 1.17. The number of hydrogen-bond acceptors (Lipinski definition) is 6. The predicted octanol–water partition coefficient (Wildman–Crippen LogP) is 13.1. The molecule has 7 heteroatoms. The van der Waals surface area contributed by atoms with E-state index in [4.69, 9.17) is 4.98 Å². The maximum atomic E-state index is 4.94. The molecule has 12 rings (SSSR count). The van der Waals surface area contributed by atoms with E-state index < -0.39 is 8.07 Å². The minimum Gasteiger partial charge on any atom is -0.311 e. The first kappa shape index (κ1) is 39.2. The third-order valence-corrected chi connectivity index (χ3v) is 20.0. The molecule has 0 aliphatic carbocycles. The molecule has 0 bridgehead atoms. The van der Waals surface area contributed by atoms with Gasteiger partial charge in [-0.3, -0.25) is 9.97 Å². The number of rotatable bonds is 9. The summed E-state index contributed by atoms with van der Waals surface area (Å²) in [5.41, 5.74) is 11.2. The van der Waals surface area contributed by atoms with Crippen LogP contribution in [0.15, 0.2) is 263 Å². The SMILES string of the molecule is c1ccc(N(c2ccccc2)c2ccc([Si]3(c4ccc(N(c5ccccc5)c5ccc(-c6ccncc6)nc5)cc4)c4ccccc4-c4c3ccc3c4Sc4ccccc4S3)cc2)cc1. The number of pyridine rings is 2. The standard InChI is InChI=1S/C58H40N4S2Si/c1-4-14-42(15-5-1)61(43-16-6-2-7-17-43)45-24-29-48(30-25-45)65(55-23-13-10-20-50(55)57-56(65)35-34-54-58(57)64-53-22-12-11-21-52(53)63-54)49-31-26-46(27-32-49)62(44-18-8-3-9-19-44)47-28-33-51(60-40-47)41-36-38-59-39-37-41/h1-40H. The van der Waals surface area contributed by atoms with Gasteiger partial charge in [0, 0.05) is 66.0 Å². The topological polar surface area (TPSA) is 32.3 Å². The van der Waals surface area contributed by atoms with Crippen LogP contribution in [0.2, 0.25) is 0 Å². The molecule has 4 heterocycles. The molecule has 308 valence electrons. The summed E-state index contributed by atoms with van der Waals surface area (Å²) in [6.07, 6.45) is 5.59. The summed E-state index contributed by atoms with van der Waals surface area (Å²) in [5.74, 6) is 0. The number of anilines is 6. The Labute approximate surface area is 389 Å². The fourth-order valence-corrected chi connectivity index (χ4v) is 17.3. The third kappa shape index (κ3) is 6.79. The maximum Gasteiger partial charge on any atom is 0.180 e. The van der Waals surface area contributed by atoms with Crippen molar-refractivity contribution in [1.82, 2.24) is 9.97 Å². The fourth-order valence-electron chi connectivity index (χ4n) is 9.69. The summed E-state index contributed by atoms with van der Waals surface area (Å²) in [7, 11) is -2.93. The van der Waals surface area contributed by atoms with Crippen LogP contribution in [0.3, 0.4) is 0 Å². The second kappa shape index (κ2) is 16.6. The molecule has 0 N–H and O–H groups in total. The van der Waals surface area contributed by atoms with Crippen LogP contribution in [0.25, 0.3) is 22.4 Å². The summed E-state index contributed by atoms with van der Waals surface area (Å²) in [4.78, 5) is 19.1. The summed E-state index contributed by atoms with van der Waals surface area (Å²) in [6.45, 7) is 0. The van der Waals surface area contributed by atoms with Gasteiger partial charge in [0.2, 0.25) is 0 Å². The molecule has 0 saturated carbocycles. The van der Waals surface area contributed by atoms with Gasteiger partial charge in [-0.15, -0.1) is 0 Å². The van der Waals surface area contributed by atoms with Crippen molar-refractivity contribution in [2.75, 3.05) is 9.80 Å². The lowest BCUT2D eigenvalue weighted by Crippen LogP contribution is -2.72. The van der Waals surface area contributed by atoms with Gasteiger partial charge in [-0.2, -0.15) is 0 Å². The number of para-hydroxylation sites is 3. The molecule has 1 atom stereocenters. The Bertz CT molecular complexity index is 3260. The summed E-state index contributed by atoms with van der Waals surface area (Å²) in [5, 5.41) is 5.55. The summed E-state index contributed by atoms with van der Waals surface area (Å²) < 4.78 is 0. The molecule has 0 saturated heterocycles. The van der Waals surface area contributed by atoms with Crippen molar-refractivity contribution >= 4 is 86.5 Å². The quantitative estimate of drug-likeness (QED) is 0.134. The van der Waals surface area contributed by atoms with Crippen LogP contribution in [0.4, 0.5) is 34.1 Å². The van der Waals surface area contributed by atoms with Gasteiger partial charge in [0.05, 0.1) is 17.6 Å². The van der Waals surface area contributed by atoms with E-state index >= 15 is 0 Å². The molecule has 8 aromatic carbocycles. The Morgan fingerprint density at radius 3 is 1.43 bits per heavy atom. The predicted molar refractivity (Wildman–Crippen MR) is 274 cm³/mol. The lowest BCUT2D eigenvalue weighted by atomic mass is 10.1. The van der Waals surface area contributed by atoms with E-state index in [1.807, 2.05) is 54.2 Å². The molecule has 1 unspecified atom stereocenters. The summed E-state index contributed by atoms with van der Waals surface area (Å²) >= 11 is 3.82. The first-order chi connectivity index (χ1) is 32.2. The van der Waals surface area contributed by atoms with Gasteiger partial charge in [0.25, 0.3) is 0 Å². The summed E-state index contributed by atoms with van der Waals surface area (Å²) in [6, 6.07) is 82.1. The van der Waals surface area contributed by atoms with Crippen molar-refractivity contribution in [2.45, 2.75) is 19.6 Å². The van der Waals surface area contributed by atoms with Gasteiger partial charge >= 0.3 is 0 Å². The first-order valence-corrected chi connectivity index (χ1v) is 25.4. The van der Waals surface area contributed by atoms with Gasteiger partial charge in [-0.25, -0.2) is 0 Å². The average Bonchev–Trinajstić information content (AvgIpc) is 3.69. The number of fused-ring (bicyclic) bond motifs is 6. The Balaban J connectivity index is 1.04. The second-order valence-electron chi connectivity index (χ2n) is 16.2. The molecule has 0 spiro atoms. The largest absolute Gasteiger partial charge is 0.311 e. The van der Waals surface area contributed by atoms with Crippen molar-refractivity contribution in [3.63, 3.8) is 0 Å². The molecule has 2 aliphatic rings. The van der Waals surface area contributed by atoms with E-state index in [0.29, 0.717) is 0 Å². The fraction of sp³-hybridized carbons (Fsp3) is 0. The number of hydrogen-bond donors (Lipinski definition) is 0. The van der Waals surface area contributed by atoms with Crippen molar-refractivity contribution in [3.8, 4) is 22.4 Å². The van der Waals surface area contributed by atoms with Gasteiger partial charge < -0.3 is 9.80 Å². The van der Waals surface area contributed by atoms with Crippen molar-refractivity contribution in [2.24, 2.45) is 0 Å². The van der Waals surface area contributed by atoms with E-state index in [1.54, 1.807) is 0 Å².